The molecule has 12 heteroatoms. The van der Waals surface area contributed by atoms with E-state index in [4.69, 9.17) is 10.5 Å². The van der Waals surface area contributed by atoms with Crippen molar-refractivity contribution < 1.29 is 19.6 Å². The molecule has 11 nitrogen and oxygen atoms in total. The Morgan fingerprint density at radius 2 is 1.87 bits per heavy atom. The molecular weight excluding hydrogens is 401 g/mol. The number of benzene rings is 2. The predicted octanol–water partition coefficient (Wildman–Crippen LogP) is -0.390. The molecule has 5 N–H and O–H groups in total. The van der Waals surface area contributed by atoms with E-state index in [1.54, 1.807) is 12.1 Å². The van der Waals surface area contributed by atoms with Gasteiger partial charge in [0.25, 0.3) is 5.91 Å². The predicted molar refractivity (Wildman–Crippen MR) is 113 cm³/mol. The molecule has 0 aliphatic rings. The number of aromatic nitrogens is 5. The standard InChI is InChI=1S/C19H18BN7O4/c1-31-19-23-14-12(20(29)30)8-5-9-13(14)27(19)18-25-16(15(21)28)24-17(26-18)22-10-11-6-3-2-4-7-11/h2-9,29-30H,10H2,1H3,(H2,21,28)(H,22,24,25,26). The van der Waals surface area contributed by atoms with Crippen LogP contribution in [0.1, 0.15) is 16.2 Å². The Balaban J connectivity index is 1.83. The number of hydrogen-bond acceptors (Lipinski definition) is 9. The van der Waals surface area contributed by atoms with E-state index in [0.29, 0.717) is 12.1 Å². The number of imidazole rings is 1. The Labute approximate surface area is 176 Å². The van der Waals surface area contributed by atoms with E-state index in [1.165, 1.54) is 17.7 Å². The first kappa shape index (κ1) is 20.3. The number of amides is 1. The fourth-order valence-corrected chi connectivity index (χ4v) is 3.07. The Morgan fingerprint density at radius 1 is 1.10 bits per heavy atom. The van der Waals surface area contributed by atoms with Crippen LogP contribution in [0.3, 0.4) is 0 Å². The average molecular weight is 419 g/mol. The quantitative estimate of drug-likeness (QED) is 0.292. The second-order valence-electron chi connectivity index (χ2n) is 6.51. The summed E-state index contributed by atoms with van der Waals surface area (Å²) in [6.45, 7) is 0.408. The van der Waals surface area contributed by atoms with Crippen LogP contribution in [-0.4, -0.2) is 54.7 Å². The summed E-state index contributed by atoms with van der Waals surface area (Å²) in [6.07, 6.45) is 0. The number of para-hydroxylation sites is 1. The molecule has 0 bridgehead atoms. The SMILES string of the molecule is COc1nc2c(B(O)O)cccc2n1-c1nc(NCc2ccccc2)nc(C(N)=O)n1. The third-order valence-electron chi connectivity index (χ3n) is 4.48. The maximum atomic E-state index is 11.8. The highest BCUT2D eigenvalue weighted by Crippen LogP contribution is 2.24. The summed E-state index contributed by atoms with van der Waals surface area (Å²) >= 11 is 0. The Morgan fingerprint density at radius 3 is 2.55 bits per heavy atom. The van der Waals surface area contributed by atoms with Crippen molar-refractivity contribution in [2.24, 2.45) is 5.73 Å². The summed E-state index contributed by atoms with van der Waals surface area (Å²) in [5.74, 6) is -0.919. The van der Waals surface area contributed by atoms with Crippen molar-refractivity contribution in [3.05, 3.63) is 59.9 Å². The molecule has 31 heavy (non-hydrogen) atoms. The van der Waals surface area contributed by atoms with Crippen LogP contribution >= 0.6 is 0 Å². The van der Waals surface area contributed by atoms with Crippen LogP contribution in [0.25, 0.3) is 17.0 Å². The number of fused-ring (bicyclic) bond motifs is 1. The van der Waals surface area contributed by atoms with Gasteiger partial charge in [-0.1, -0.05) is 42.5 Å². The van der Waals surface area contributed by atoms with Gasteiger partial charge in [0.05, 0.1) is 18.1 Å². The van der Waals surface area contributed by atoms with Crippen molar-refractivity contribution in [1.29, 1.82) is 0 Å². The van der Waals surface area contributed by atoms with Gasteiger partial charge in [0, 0.05) is 12.0 Å². The number of primary amides is 1. The summed E-state index contributed by atoms with van der Waals surface area (Å²) < 4.78 is 6.77. The highest BCUT2D eigenvalue weighted by Gasteiger charge is 2.23. The molecule has 4 aromatic rings. The van der Waals surface area contributed by atoms with Gasteiger partial charge in [-0.25, -0.2) is 4.57 Å². The minimum absolute atomic E-state index is 0.0308. The molecule has 0 fully saturated rings. The van der Waals surface area contributed by atoms with Crippen LogP contribution in [0.4, 0.5) is 5.95 Å². The molecule has 156 valence electrons. The monoisotopic (exact) mass is 419 g/mol. The van der Waals surface area contributed by atoms with Gasteiger partial charge in [0.1, 0.15) is 0 Å². The summed E-state index contributed by atoms with van der Waals surface area (Å²) in [6, 6.07) is 14.5. The van der Waals surface area contributed by atoms with Crippen molar-refractivity contribution in [3.8, 4) is 12.0 Å². The van der Waals surface area contributed by atoms with E-state index in [9.17, 15) is 14.8 Å². The van der Waals surface area contributed by atoms with Crippen LogP contribution in [-0.2, 0) is 6.54 Å². The topological polar surface area (TPSA) is 161 Å². The Bertz CT molecular complexity index is 1250. The number of methoxy groups -OCH3 is 1. The van der Waals surface area contributed by atoms with Crippen molar-refractivity contribution >= 4 is 35.5 Å². The van der Waals surface area contributed by atoms with E-state index in [0.717, 1.165) is 5.56 Å². The van der Waals surface area contributed by atoms with E-state index in [-0.39, 0.29) is 34.7 Å². The first-order valence-corrected chi connectivity index (χ1v) is 9.23. The lowest BCUT2D eigenvalue weighted by atomic mass is 9.79. The van der Waals surface area contributed by atoms with E-state index < -0.39 is 13.0 Å². The molecule has 0 aliphatic carbocycles. The van der Waals surface area contributed by atoms with Gasteiger partial charge in [0.15, 0.2) is 0 Å². The zero-order valence-corrected chi connectivity index (χ0v) is 16.4. The van der Waals surface area contributed by atoms with Crippen molar-refractivity contribution in [3.63, 3.8) is 0 Å². The van der Waals surface area contributed by atoms with Crippen LogP contribution in [0.15, 0.2) is 48.5 Å². The van der Waals surface area contributed by atoms with E-state index in [1.807, 2.05) is 30.3 Å². The number of nitrogens with two attached hydrogens (primary N) is 1. The highest BCUT2D eigenvalue weighted by atomic mass is 16.5. The molecule has 2 aromatic carbocycles. The summed E-state index contributed by atoms with van der Waals surface area (Å²) in [4.78, 5) is 28.7. The van der Waals surface area contributed by atoms with E-state index in [2.05, 4.69) is 25.3 Å². The normalized spacial score (nSPS) is 10.8. The molecule has 0 saturated carbocycles. The Hall–Kier alpha value is -4.03. The van der Waals surface area contributed by atoms with Gasteiger partial charge in [0.2, 0.25) is 17.7 Å². The van der Waals surface area contributed by atoms with Crippen molar-refractivity contribution in [2.45, 2.75) is 6.54 Å². The molecule has 2 aromatic heterocycles. The van der Waals surface area contributed by atoms with Crippen LogP contribution in [0.5, 0.6) is 6.01 Å². The molecule has 4 rings (SSSR count). The minimum Gasteiger partial charge on any atom is -0.468 e. The number of nitrogens with one attached hydrogen (secondary N) is 1. The molecular formula is C19H18BN7O4. The maximum Gasteiger partial charge on any atom is 0.490 e. The van der Waals surface area contributed by atoms with Gasteiger partial charge in [-0.05, 0) is 11.6 Å². The third-order valence-corrected chi connectivity index (χ3v) is 4.48. The molecule has 0 aliphatic heterocycles. The van der Waals surface area contributed by atoms with Crippen LogP contribution in [0.2, 0.25) is 0 Å². The van der Waals surface area contributed by atoms with Crippen molar-refractivity contribution in [1.82, 2.24) is 24.5 Å². The summed E-state index contributed by atoms with van der Waals surface area (Å²) in [7, 11) is -0.336. The average Bonchev–Trinajstić information content (AvgIpc) is 3.16. The molecule has 0 radical (unpaired) electrons. The maximum absolute atomic E-state index is 11.8. The summed E-state index contributed by atoms with van der Waals surface area (Å²) in [5.41, 5.74) is 7.31. The Kier molecular flexibility index (Phi) is 5.47. The van der Waals surface area contributed by atoms with Gasteiger partial charge < -0.3 is 25.8 Å². The lowest BCUT2D eigenvalue weighted by Gasteiger charge is -2.10. The largest absolute Gasteiger partial charge is 0.490 e. The van der Waals surface area contributed by atoms with Crippen LogP contribution < -0.4 is 21.3 Å². The van der Waals surface area contributed by atoms with Gasteiger partial charge >= 0.3 is 13.1 Å². The first-order chi connectivity index (χ1) is 15.0. The lowest BCUT2D eigenvalue weighted by Crippen LogP contribution is -2.30. The van der Waals surface area contributed by atoms with Crippen LogP contribution in [0, 0.1) is 0 Å². The minimum atomic E-state index is -1.74. The highest BCUT2D eigenvalue weighted by molar-refractivity contribution is 6.61. The molecule has 2 heterocycles. The van der Waals surface area contributed by atoms with Gasteiger partial charge in [-0.3, -0.25) is 4.79 Å². The number of ether oxygens (including phenoxy) is 1. The molecule has 0 spiro atoms. The van der Waals surface area contributed by atoms with Gasteiger partial charge in [-0.15, -0.1) is 0 Å². The van der Waals surface area contributed by atoms with Crippen molar-refractivity contribution in [2.75, 3.05) is 12.4 Å². The number of rotatable bonds is 7. The smallest absolute Gasteiger partial charge is 0.468 e. The lowest BCUT2D eigenvalue weighted by molar-refractivity contribution is 0.0990. The number of carbonyl (C=O) groups is 1. The summed E-state index contributed by atoms with van der Waals surface area (Å²) in [5, 5.41) is 22.4. The number of anilines is 1. The number of hydrogen-bond donors (Lipinski definition) is 4. The van der Waals surface area contributed by atoms with Gasteiger partial charge in [-0.2, -0.15) is 19.9 Å². The first-order valence-electron chi connectivity index (χ1n) is 9.23. The molecule has 0 atom stereocenters. The molecule has 0 saturated heterocycles. The zero-order chi connectivity index (χ0) is 22.0. The zero-order valence-electron chi connectivity index (χ0n) is 16.4. The fraction of sp³-hybridized carbons (Fsp3) is 0.105. The molecule has 0 unspecified atom stereocenters. The number of nitrogens with zero attached hydrogens (tertiary/aromatic N) is 5. The van der Waals surface area contributed by atoms with E-state index >= 15 is 0 Å². The second-order valence-corrected chi connectivity index (χ2v) is 6.51. The third kappa shape index (κ3) is 4.02. The fourth-order valence-electron chi connectivity index (χ4n) is 3.07. The number of carbonyl (C=O) groups excluding carboxylic acids is 1. The second kappa shape index (κ2) is 8.38. The molecule has 1 amide bonds.